The molecule has 0 saturated carbocycles. The van der Waals surface area contributed by atoms with Crippen molar-refractivity contribution in [3.8, 4) is 0 Å². The van der Waals surface area contributed by atoms with Gasteiger partial charge in [0.15, 0.2) is 0 Å². The van der Waals surface area contributed by atoms with Crippen molar-refractivity contribution in [1.29, 1.82) is 0 Å². The summed E-state index contributed by atoms with van der Waals surface area (Å²) in [6.45, 7) is 3.53. The SMILES string of the molecule is CCC1(O)CN(Cc2ccc([N+](=O)[O-])c(F)c2)C1. The van der Waals surface area contributed by atoms with Gasteiger partial charge in [0, 0.05) is 25.7 Å². The topological polar surface area (TPSA) is 66.6 Å². The van der Waals surface area contributed by atoms with Crippen molar-refractivity contribution in [3.63, 3.8) is 0 Å². The van der Waals surface area contributed by atoms with Crippen LogP contribution in [-0.4, -0.2) is 33.6 Å². The number of rotatable bonds is 4. The van der Waals surface area contributed by atoms with E-state index in [-0.39, 0.29) is 0 Å². The second-order valence-electron chi connectivity index (χ2n) is 4.77. The zero-order chi connectivity index (χ0) is 13.3. The van der Waals surface area contributed by atoms with Gasteiger partial charge in [-0.15, -0.1) is 0 Å². The number of β-amino-alcohol motifs (C(OH)–C–C–N with tert-alkyl or cyclic N) is 1. The van der Waals surface area contributed by atoms with Crippen LogP contribution in [0.1, 0.15) is 18.9 Å². The van der Waals surface area contributed by atoms with Gasteiger partial charge in [0.1, 0.15) is 0 Å². The summed E-state index contributed by atoms with van der Waals surface area (Å²) in [5, 5.41) is 20.3. The van der Waals surface area contributed by atoms with Gasteiger partial charge in [-0.05, 0) is 18.1 Å². The molecule has 98 valence electrons. The van der Waals surface area contributed by atoms with Crippen LogP contribution in [0.3, 0.4) is 0 Å². The first kappa shape index (κ1) is 12.9. The van der Waals surface area contributed by atoms with Crippen molar-refractivity contribution in [2.75, 3.05) is 13.1 Å². The fourth-order valence-electron chi connectivity index (χ4n) is 2.18. The Kier molecular flexibility index (Phi) is 3.32. The molecule has 5 nitrogen and oxygen atoms in total. The lowest BCUT2D eigenvalue weighted by Gasteiger charge is -2.46. The van der Waals surface area contributed by atoms with Crippen LogP contribution in [0, 0.1) is 15.9 Å². The Balaban J connectivity index is 2.00. The summed E-state index contributed by atoms with van der Waals surface area (Å²) in [6, 6.07) is 3.91. The Hall–Kier alpha value is -1.53. The van der Waals surface area contributed by atoms with Crippen molar-refractivity contribution in [2.45, 2.75) is 25.5 Å². The molecule has 6 heteroatoms. The third-order valence-corrected chi connectivity index (χ3v) is 3.31. The van der Waals surface area contributed by atoms with Crippen molar-refractivity contribution >= 4 is 5.69 Å². The molecule has 18 heavy (non-hydrogen) atoms. The Morgan fingerprint density at radius 3 is 2.72 bits per heavy atom. The summed E-state index contributed by atoms with van der Waals surface area (Å²) >= 11 is 0. The number of nitro benzene ring substituents is 1. The molecule has 1 aliphatic rings. The molecule has 1 saturated heterocycles. The van der Waals surface area contributed by atoms with Crippen LogP contribution in [0.15, 0.2) is 18.2 Å². The number of halogens is 1. The molecule has 0 aromatic heterocycles. The highest BCUT2D eigenvalue weighted by atomic mass is 19.1. The number of nitrogens with zero attached hydrogens (tertiary/aromatic N) is 2. The minimum absolute atomic E-state index is 0.497. The van der Waals surface area contributed by atoms with E-state index in [1.165, 1.54) is 12.1 Å². The van der Waals surface area contributed by atoms with Crippen LogP contribution in [0.4, 0.5) is 10.1 Å². The number of aliphatic hydroxyl groups is 1. The molecule has 0 radical (unpaired) electrons. The molecule has 0 aliphatic carbocycles. The second kappa shape index (κ2) is 4.62. The summed E-state index contributed by atoms with van der Waals surface area (Å²) in [5.74, 6) is -0.816. The zero-order valence-corrected chi connectivity index (χ0v) is 10.1. The van der Waals surface area contributed by atoms with Gasteiger partial charge in [-0.2, -0.15) is 4.39 Å². The molecule has 0 amide bonds. The van der Waals surface area contributed by atoms with Crippen molar-refractivity contribution in [2.24, 2.45) is 0 Å². The second-order valence-corrected chi connectivity index (χ2v) is 4.77. The molecular formula is C12H15FN2O3. The van der Waals surface area contributed by atoms with Gasteiger partial charge in [-0.1, -0.05) is 13.0 Å². The van der Waals surface area contributed by atoms with Gasteiger partial charge < -0.3 is 5.11 Å². The highest BCUT2D eigenvalue weighted by molar-refractivity contribution is 5.35. The van der Waals surface area contributed by atoms with E-state index in [9.17, 15) is 19.6 Å². The van der Waals surface area contributed by atoms with E-state index in [4.69, 9.17) is 0 Å². The molecule has 1 aliphatic heterocycles. The van der Waals surface area contributed by atoms with E-state index in [0.29, 0.717) is 31.6 Å². The molecule has 0 atom stereocenters. The highest BCUT2D eigenvalue weighted by Crippen LogP contribution is 2.26. The van der Waals surface area contributed by atoms with Crippen LogP contribution in [0.5, 0.6) is 0 Å². The molecule has 1 N–H and O–H groups in total. The first-order valence-electron chi connectivity index (χ1n) is 5.81. The van der Waals surface area contributed by atoms with Crippen molar-refractivity contribution < 1.29 is 14.4 Å². The summed E-state index contributed by atoms with van der Waals surface area (Å²) < 4.78 is 13.4. The molecule has 1 heterocycles. The van der Waals surface area contributed by atoms with Crippen LogP contribution >= 0.6 is 0 Å². The summed E-state index contributed by atoms with van der Waals surface area (Å²) in [4.78, 5) is 11.7. The summed E-state index contributed by atoms with van der Waals surface area (Å²) in [7, 11) is 0. The molecule has 0 bridgehead atoms. The molecular weight excluding hydrogens is 239 g/mol. The van der Waals surface area contributed by atoms with Crippen LogP contribution in [0.2, 0.25) is 0 Å². The Bertz CT molecular complexity index is 472. The van der Waals surface area contributed by atoms with Gasteiger partial charge in [0.25, 0.3) is 0 Å². The molecule has 1 aromatic carbocycles. The average molecular weight is 254 g/mol. The number of hydrogen-bond donors (Lipinski definition) is 1. The van der Waals surface area contributed by atoms with Crippen molar-refractivity contribution in [1.82, 2.24) is 4.90 Å². The van der Waals surface area contributed by atoms with Crippen LogP contribution < -0.4 is 0 Å². The maximum Gasteiger partial charge on any atom is 0.304 e. The Morgan fingerprint density at radius 1 is 1.56 bits per heavy atom. The van der Waals surface area contributed by atoms with E-state index in [0.717, 1.165) is 0 Å². The maximum absolute atomic E-state index is 13.4. The first-order chi connectivity index (χ1) is 8.43. The van der Waals surface area contributed by atoms with Crippen LogP contribution in [0.25, 0.3) is 0 Å². The lowest BCUT2D eigenvalue weighted by atomic mass is 9.91. The fraction of sp³-hybridized carbons (Fsp3) is 0.500. The third kappa shape index (κ3) is 2.49. The third-order valence-electron chi connectivity index (χ3n) is 3.31. The molecule has 2 rings (SSSR count). The first-order valence-corrected chi connectivity index (χ1v) is 5.81. The number of benzene rings is 1. The van der Waals surface area contributed by atoms with Gasteiger partial charge in [-0.3, -0.25) is 15.0 Å². The number of hydrogen-bond acceptors (Lipinski definition) is 4. The summed E-state index contributed by atoms with van der Waals surface area (Å²) in [6.07, 6.45) is 0.693. The molecule has 1 aromatic rings. The lowest BCUT2D eigenvalue weighted by Crippen LogP contribution is -2.60. The largest absolute Gasteiger partial charge is 0.387 e. The number of likely N-dealkylation sites (tertiary alicyclic amines) is 1. The van der Waals surface area contributed by atoms with Gasteiger partial charge >= 0.3 is 5.69 Å². The van der Waals surface area contributed by atoms with Crippen molar-refractivity contribution in [3.05, 3.63) is 39.7 Å². The quantitative estimate of drug-likeness (QED) is 0.656. The van der Waals surface area contributed by atoms with E-state index < -0.39 is 22.0 Å². The normalized spacial score (nSPS) is 18.4. The standard InChI is InChI=1S/C12H15FN2O3/c1-2-12(16)7-14(8-12)6-9-3-4-11(15(17)18)10(13)5-9/h3-5,16H,2,6-8H2,1H3. The fourth-order valence-corrected chi connectivity index (χ4v) is 2.18. The van der Waals surface area contributed by atoms with Gasteiger partial charge in [0.2, 0.25) is 5.82 Å². The smallest absolute Gasteiger partial charge is 0.304 e. The lowest BCUT2D eigenvalue weighted by molar-refractivity contribution is -0.387. The summed E-state index contributed by atoms with van der Waals surface area (Å²) in [5.41, 5.74) is -0.456. The molecule has 0 spiro atoms. The zero-order valence-electron chi connectivity index (χ0n) is 10.1. The van der Waals surface area contributed by atoms with E-state index in [1.807, 2.05) is 11.8 Å². The minimum atomic E-state index is -0.816. The van der Waals surface area contributed by atoms with E-state index in [1.54, 1.807) is 6.07 Å². The van der Waals surface area contributed by atoms with E-state index >= 15 is 0 Å². The van der Waals surface area contributed by atoms with Crippen LogP contribution in [-0.2, 0) is 6.54 Å². The maximum atomic E-state index is 13.4. The Labute approximate surface area is 104 Å². The molecule has 0 unspecified atom stereocenters. The van der Waals surface area contributed by atoms with E-state index in [2.05, 4.69) is 0 Å². The van der Waals surface area contributed by atoms with Gasteiger partial charge in [-0.25, -0.2) is 0 Å². The predicted molar refractivity (Wildman–Crippen MR) is 63.6 cm³/mol. The Morgan fingerprint density at radius 2 is 2.22 bits per heavy atom. The number of nitro groups is 1. The van der Waals surface area contributed by atoms with Gasteiger partial charge in [0.05, 0.1) is 10.5 Å². The minimum Gasteiger partial charge on any atom is -0.387 e. The predicted octanol–water partition coefficient (Wildman–Crippen LogP) is 1.69. The monoisotopic (exact) mass is 254 g/mol. The highest BCUT2D eigenvalue weighted by Gasteiger charge is 2.39. The average Bonchev–Trinajstić information content (AvgIpc) is 2.26. The molecule has 1 fully saturated rings.